The first-order valence-electron chi connectivity index (χ1n) is 6.22. The van der Waals surface area contributed by atoms with Crippen molar-refractivity contribution in [1.29, 1.82) is 0 Å². The summed E-state index contributed by atoms with van der Waals surface area (Å²) in [4.78, 5) is 24.6. The van der Waals surface area contributed by atoms with Crippen LogP contribution in [0.4, 0.5) is 10.5 Å². The largest absolute Gasteiger partial charge is 0.481 e. The van der Waals surface area contributed by atoms with Crippen molar-refractivity contribution in [3.8, 4) is 0 Å². The van der Waals surface area contributed by atoms with Crippen LogP contribution in [0, 0.1) is 5.92 Å². The quantitative estimate of drug-likeness (QED) is 0.848. The van der Waals surface area contributed by atoms with Gasteiger partial charge in [-0.2, -0.15) is 0 Å². The molecule has 0 aliphatic carbocycles. The molecular weight excluding hydrogens is 348 g/mol. The van der Waals surface area contributed by atoms with Gasteiger partial charge in [-0.05, 0) is 40.9 Å². The minimum absolute atomic E-state index is 0.239. The number of carbonyl (C=O) groups excluding carboxylic acids is 1. The molecule has 0 spiro atoms. The highest BCUT2D eigenvalue weighted by atomic mass is 79.9. The average Bonchev–Trinajstić information content (AvgIpc) is 2.44. The van der Waals surface area contributed by atoms with E-state index in [0.717, 1.165) is 0 Å². The molecule has 1 aliphatic heterocycles. The molecule has 1 saturated heterocycles. The Balaban J connectivity index is 1.96. The number of anilines is 1. The Bertz CT molecular complexity index is 530. The summed E-state index contributed by atoms with van der Waals surface area (Å²) in [5.74, 6) is -1.14. The zero-order chi connectivity index (χ0) is 14.7. The van der Waals surface area contributed by atoms with Gasteiger partial charge in [0.1, 0.15) is 0 Å². The zero-order valence-corrected chi connectivity index (χ0v) is 12.9. The van der Waals surface area contributed by atoms with Gasteiger partial charge < -0.3 is 15.3 Å². The summed E-state index contributed by atoms with van der Waals surface area (Å²) in [6.07, 6.45) is 0.971. The number of amides is 2. The maximum atomic E-state index is 12.1. The summed E-state index contributed by atoms with van der Waals surface area (Å²) < 4.78 is 0.635. The Morgan fingerprint density at radius 1 is 1.35 bits per heavy atom. The third-order valence-corrected chi connectivity index (χ3v) is 4.72. The van der Waals surface area contributed by atoms with E-state index in [1.807, 2.05) is 0 Å². The van der Waals surface area contributed by atoms with E-state index in [0.29, 0.717) is 41.1 Å². The fourth-order valence-corrected chi connectivity index (χ4v) is 2.66. The number of benzene rings is 1. The van der Waals surface area contributed by atoms with Gasteiger partial charge in [0.2, 0.25) is 0 Å². The van der Waals surface area contributed by atoms with Crippen LogP contribution >= 0.6 is 27.5 Å². The molecule has 1 aliphatic rings. The molecule has 2 rings (SSSR count). The van der Waals surface area contributed by atoms with Crippen molar-refractivity contribution in [2.75, 3.05) is 18.4 Å². The summed E-state index contributed by atoms with van der Waals surface area (Å²) in [6.45, 7) is 0.891. The van der Waals surface area contributed by atoms with Crippen LogP contribution in [-0.4, -0.2) is 35.1 Å². The Morgan fingerprint density at radius 2 is 2.00 bits per heavy atom. The third-order valence-electron chi connectivity index (χ3n) is 3.32. The van der Waals surface area contributed by atoms with E-state index in [9.17, 15) is 9.59 Å². The monoisotopic (exact) mass is 360 g/mol. The number of likely N-dealkylation sites (tertiary alicyclic amines) is 1. The van der Waals surface area contributed by atoms with Crippen LogP contribution in [0.5, 0.6) is 0 Å². The number of piperidine rings is 1. The minimum atomic E-state index is -0.789. The maximum absolute atomic E-state index is 12.1. The summed E-state index contributed by atoms with van der Waals surface area (Å²) >= 11 is 9.28. The van der Waals surface area contributed by atoms with Gasteiger partial charge in [-0.1, -0.05) is 17.7 Å². The highest BCUT2D eigenvalue weighted by molar-refractivity contribution is 9.10. The second-order valence-electron chi connectivity index (χ2n) is 4.63. The molecular formula is C13H14BrClN2O3. The van der Waals surface area contributed by atoms with Crippen LogP contribution in [-0.2, 0) is 4.79 Å². The SMILES string of the molecule is O=C(O)C1CCN(C(=O)Nc2cccc(Cl)c2Br)CC1. The highest BCUT2D eigenvalue weighted by Gasteiger charge is 2.27. The number of nitrogens with zero attached hydrogens (tertiary/aromatic N) is 1. The number of hydrogen-bond donors (Lipinski definition) is 2. The second kappa shape index (κ2) is 6.45. The number of nitrogens with one attached hydrogen (secondary N) is 1. The van der Waals surface area contributed by atoms with Crippen molar-refractivity contribution >= 4 is 45.2 Å². The van der Waals surface area contributed by atoms with Crippen LogP contribution in [0.2, 0.25) is 5.02 Å². The first-order chi connectivity index (χ1) is 9.49. The van der Waals surface area contributed by atoms with E-state index < -0.39 is 5.97 Å². The molecule has 1 heterocycles. The van der Waals surface area contributed by atoms with E-state index in [2.05, 4.69) is 21.2 Å². The number of hydrogen-bond acceptors (Lipinski definition) is 2. The lowest BCUT2D eigenvalue weighted by Crippen LogP contribution is -2.42. The number of rotatable bonds is 2. The van der Waals surface area contributed by atoms with Crippen molar-refractivity contribution in [3.63, 3.8) is 0 Å². The molecule has 0 saturated carbocycles. The number of halogens is 2. The molecule has 1 fully saturated rings. The molecule has 0 unspecified atom stereocenters. The fraction of sp³-hybridized carbons (Fsp3) is 0.385. The molecule has 20 heavy (non-hydrogen) atoms. The molecule has 5 nitrogen and oxygen atoms in total. The van der Waals surface area contributed by atoms with E-state index in [1.54, 1.807) is 23.1 Å². The van der Waals surface area contributed by atoms with E-state index in [4.69, 9.17) is 16.7 Å². The van der Waals surface area contributed by atoms with E-state index >= 15 is 0 Å². The molecule has 7 heteroatoms. The Morgan fingerprint density at radius 3 is 2.60 bits per heavy atom. The lowest BCUT2D eigenvalue weighted by Gasteiger charge is -2.30. The Labute approximate surface area is 130 Å². The second-order valence-corrected chi connectivity index (χ2v) is 5.83. The number of carbonyl (C=O) groups is 2. The van der Waals surface area contributed by atoms with Crippen molar-refractivity contribution < 1.29 is 14.7 Å². The standard InChI is InChI=1S/C13H14BrClN2O3/c14-11-9(15)2-1-3-10(11)16-13(20)17-6-4-8(5-7-17)12(18)19/h1-3,8H,4-7H2,(H,16,20)(H,18,19). The molecule has 2 N–H and O–H groups in total. The first-order valence-corrected chi connectivity index (χ1v) is 7.39. The van der Waals surface area contributed by atoms with Gasteiger partial charge >= 0.3 is 12.0 Å². The van der Waals surface area contributed by atoms with Crippen LogP contribution < -0.4 is 5.32 Å². The van der Waals surface area contributed by atoms with Crippen LogP contribution in [0.15, 0.2) is 22.7 Å². The van der Waals surface area contributed by atoms with E-state index in [-0.39, 0.29) is 11.9 Å². The summed E-state index contributed by atoms with van der Waals surface area (Å²) in [6, 6.07) is 4.98. The zero-order valence-electron chi connectivity index (χ0n) is 10.6. The Kier molecular flexibility index (Phi) is 4.88. The molecule has 0 atom stereocenters. The average molecular weight is 362 g/mol. The van der Waals surface area contributed by atoms with Gasteiger partial charge in [-0.15, -0.1) is 0 Å². The van der Waals surface area contributed by atoms with Crippen molar-refractivity contribution in [2.45, 2.75) is 12.8 Å². The fourth-order valence-electron chi connectivity index (χ4n) is 2.12. The molecule has 0 radical (unpaired) electrons. The predicted molar refractivity (Wildman–Crippen MR) is 80.1 cm³/mol. The number of carboxylic acids is 1. The molecule has 1 aromatic rings. The van der Waals surface area contributed by atoms with Gasteiger partial charge in [-0.3, -0.25) is 4.79 Å². The van der Waals surface area contributed by atoms with Gasteiger partial charge in [0.05, 0.1) is 21.1 Å². The number of urea groups is 1. The normalized spacial score (nSPS) is 16.0. The smallest absolute Gasteiger partial charge is 0.321 e. The Hall–Kier alpha value is -1.27. The number of aliphatic carboxylic acids is 1. The van der Waals surface area contributed by atoms with Crippen molar-refractivity contribution in [1.82, 2.24) is 4.90 Å². The lowest BCUT2D eigenvalue weighted by molar-refractivity contribution is -0.143. The van der Waals surface area contributed by atoms with Crippen LogP contribution in [0.1, 0.15) is 12.8 Å². The predicted octanol–water partition coefficient (Wildman–Crippen LogP) is 3.43. The van der Waals surface area contributed by atoms with Crippen LogP contribution in [0.25, 0.3) is 0 Å². The third kappa shape index (κ3) is 3.43. The minimum Gasteiger partial charge on any atom is -0.481 e. The van der Waals surface area contributed by atoms with Gasteiger partial charge in [0, 0.05) is 13.1 Å². The van der Waals surface area contributed by atoms with Crippen LogP contribution in [0.3, 0.4) is 0 Å². The highest BCUT2D eigenvalue weighted by Crippen LogP contribution is 2.30. The number of carboxylic acid groups (broad SMARTS) is 1. The molecule has 0 bridgehead atoms. The molecule has 0 aromatic heterocycles. The van der Waals surface area contributed by atoms with Gasteiger partial charge in [0.15, 0.2) is 0 Å². The maximum Gasteiger partial charge on any atom is 0.321 e. The summed E-state index contributed by atoms with van der Waals surface area (Å²) in [5, 5.41) is 12.2. The van der Waals surface area contributed by atoms with E-state index in [1.165, 1.54) is 0 Å². The topological polar surface area (TPSA) is 69.6 Å². The first kappa shape index (κ1) is 15.1. The summed E-state index contributed by atoms with van der Waals surface area (Å²) in [5.41, 5.74) is 0.600. The van der Waals surface area contributed by atoms with Gasteiger partial charge in [-0.25, -0.2) is 4.79 Å². The summed E-state index contributed by atoms with van der Waals surface area (Å²) in [7, 11) is 0. The van der Waals surface area contributed by atoms with Crippen molar-refractivity contribution in [3.05, 3.63) is 27.7 Å². The van der Waals surface area contributed by atoms with Gasteiger partial charge in [0.25, 0.3) is 0 Å². The lowest BCUT2D eigenvalue weighted by atomic mass is 9.97. The molecule has 108 valence electrons. The van der Waals surface area contributed by atoms with Crippen molar-refractivity contribution in [2.24, 2.45) is 5.92 Å². The molecule has 1 aromatic carbocycles. The molecule has 2 amide bonds.